The maximum Gasteiger partial charge on any atom is 0.203 e. The Hall–Kier alpha value is -1.13. The first-order valence-electron chi connectivity index (χ1n) is 4.73. The Labute approximate surface area is 89.0 Å². The molecule has 0 saturated heterocycles. The van der Waals surface area contributed by atoms with Crippen LogP contribution in [0.2, 0.25) is 0 Å². The van der Waals surface area contributed by atoms with Crippen molar-refractivity contribution in [3.05, 3.63) is 34.2 Å². The van der Waals surface area contributed by atoms with E-state index in [2.05, 4.69) is 0 Å². The topological polar surface area (TPSA) is 54.4 Å². The van der Waals surface area contributed by atoms with Gasteiger partial charge in [0.25, 0.3) is 0 Å². The molecule has 0 amide bonds. The lowest BCUT2D eigenvalue weighted by Gasteiger charge is -2.04. The van der Waals surface area contributed by atoms with Gasteiger partial charge in [0.1, 0.15) is 0 Å². The number of aliphatic hydroxyl groups is 1. The summed E-state index contributed by atoms with van der Waals surface area (Å²) >= 11 is 0. The molecule has 0 bridgehead atoms. The Morgan fingerprint density at radius 1 is 1.33 bits per heavy atom. The van der Waals surface area contributed by atoms with Crippen LogP contribution in [-0.4, -0.2) is 20.1 Å². The summed E-state index contributed by atoms with van der Waals surface area (Å²) in [5.74, 6) is 0. The van der Waals surface area contributed by atoms with Crippen LogP contribution in [0.3, 0.4) is 0 Å². The van der Waals surface area contributed by atoms with Crippen molar-refractivity contribution in [3.8, 4) is 0 Å². The fraction of sp³-hybridized carbons (Fsp3) is 0.273. The molecule has 15 heavy (non-hydrogen) atoms. The quantitative estimate of drug-likeness (QED) is 0.825. The largest absolute Gasteiger partial charge is 0.396 e. The van der Waals surface area contributed by atoms with Crippen LogP contribution in [0, 0.1) is 0 Å². The van der Waals surface area contributed by atoms with Gasteiger partial charge in [0.15, 0.2) is 0 Å². The van der Waals surface area contributed by atoms with Gasteiger partial charge < -0.3 is 5.11 Å². The zero-order valence-corrected chi connectivity index (χ0v) is 9.21. The van der Waals surface area contributed by atoms with Gasteiger partial charge in [-0.25, -0.2) is 8.42 Å². The maximum atomic E-state index is 11.8. The van der Waals surface area contributed by atoms with Gasteiger partial charge in [-0.15, -0.1) is 0 Å². The molecule has 2 rings (SSSR count). The highest BCUT2D eigenvalue weighted by molar-refractivity contribution is 7.95. The van der Waals surface area contributed by atoms with Crippen molar-refractivity contribution in [3.63, 3.8) is 0 Å². The third-order valence-corrected chi connectivity index (χ3v) is 4.50. The fourth-order valence-electron chi connectivity index (χ4n) is 1.78. The molecular weight excluding hydrogens is 212 g/mol. The summed E-state index contributed by atoms with van der Waals surface area (Å²) in [5.41, 5.74) is 1.62. The van der Waals surface area contributed by atoms with Crippen LogP contribution < -0.4 is 0 Å². The monoisotopic (exact) mass is 224 g/mol. The van der Waals surface area contributed by atoms with E-state index >= 15 is 0 Å². The predicted molar refractivity (Wildman–Crippen MR) is 58.1 cm³/mol. The zero-order valence-electron chi connectivity index (χ0n) is 8.40. The molecule has 1 aromatic rings. The molecule has 0 spiro atoms. The van der Waals surface area contributed by atoms with Crippen LogP contribution in [0.25, 0.3) is 6.08 Å². The summed E-state index contributed by atoms with van der Waals surface area (Å²) in [6.07, 6.45) is 2.16. The highest BCUT2D eigenvalue weighted by Gasteiger charge is 2.27. The van der Waals surface area contributed by atoms with Gasteiger partial charge in [0.2, 0.25) is 9.84 Å². The van der Waals surface area contributed by atoms with Crippen LogP contribution in [0.4, 0.5) is 0 Å². The van der Waals surface area contributed by atoms with E-state index in [-0.39, 0.29) is 6.61 Å². The Balaban J connectivity index is 2.66. The Morgan fingerprint density at radius 2 is 2.07 bits per heavy atom. The van der Waals surface area contributed by atoms with E-state index in [9.17, 15) is 8.42 Å². The van der Waals surface area contributed by atoms with Crippen LogP contribution in [0.5, 0.6) is 0 Å². The number of sulfone groups is 1. The average molecular weight is 224 g/mol. The smallest absolute Gasteiger partial charge is 0.203 e. The lowest BCUT2D eigenvalue weighted by molar-refractivity contribution is 0.299. The van der Waals surface area contributed by atoms with Crippen molar-refractivity contribution in [1.29, 1.82) is 0 Å². The van der Waals surface area contributed by atoms with Crippen molar-refractivity contribution in [2.45, 2.75) is 18.2 Å². The summed E-state index contributed by atoms with van der Waals surface area (Å²) in [6.45, 7) is 1.63. The molecule has 1 aliphatic rings. The zero-order chi connectivity index (χ0) is 11.1. The number of hydrogen-bond acceptors (Lipinski definition) is 3. The molecule has 1 N–H and O–H groups in total. The van der Waals surface area contributed by atoms with E-state index in [4.69, 9.17) is 5.11 Å². The van der Waals surface area contributed by atoms with Crippen molar-refractivity contribution in [2.24, 2.45) is 0 Å². The highest BCUT2D eigenvalue weighted by Crippen LogP contribution is 2.34. The number of aliphatic hydroxyl groups excluding tert-OH is 1. The van der Waals surface area contributed by atoms with Gasteiger partial charge >= 0.3 is 0 Å². The average Bonchev–Trinajstić information content (AvgIpc) is 2.41. The Morgan fingerprint density at radius 3 is 2.73 bits per heavy atom. The highest BCUT2D eigenvalue weighted by atomic mass is 32.2. The molecule has 0 unspecified atom stereocenters. The minimum atomic E-state index is -3.25. The summed E-state index contributed by atoms with van der Waals surface area (Å²) in [4.78, 5) is 0.744. The lowest BCUT2D eigenvalue weighted by Crippen LogP contribution is -2.00. The molecule has 4 heteroatoms. The SMILES string of the molecule is CC1=Cc2c(CCO)cccc2S1(=O)=O. The second-order valence-electron chi connectivity index (χ2n) is 3.56. The van der Waals surface area contributed by atoms with Gasteiger partial charge in [-0.2, -0.15) is 0 Å². The fourth-order valence-corrected chi connectivity index (χ4v) is 3.14. The van der Waals surface area contributed by atoms with Crippen LogP contribution in [0.1, 0.15) is 18.1 Å². The van der Waals surface area contributed by atoms with E-state index in [1.807, 2.05) is 6.07 Å². The van der Waals surface area contributed by atoms with E-state index in [1.165, 1.54) is 0 Å². The first-order chi connectivity index (χ1) is 7.07. The molecule has 1 heterocycles. The van der Waals surface area contributed by atoms with E-state index < -0.39 is 9.84 Å². The number of allylic oxidation sites excluding steroid dienone is 1. The minimum Gasteiger partial charge on any atom is -0.396 e. The molecule has 0 atom stereocenters. The van der Waals surface area contributed by atoms with Crippen molar-refractivity contribution < 1.29 is 13.5 Å². The number of benzene rings is 1. The molecular formula is C11H12O3S. The van der Waals surface area contributed by atoms with Crippen molar-refractivity contribution >= 4 is 15.9 Å². The Kier molecular flexibility index (Phi) is 2.40. The van der Waals surface area contributed by atoms with Crippen LogP contribution in [-0.2, 0) is 16.3 Å². The Bertz CT molecular complexity index is 527. The molecule has 1 aliphatic heterocycles. The normalized spacial score (nSPS) is 17.3. The molecule has 0 aliphatic carbocycles. The van der Waals surface area contributed by atoms with Crippen molar-refractivity contribution in [2.75, 3.05) is 6.61 Å². The van der Waals surface area contributed by atoms with Crippen LogP contribution >= 0.6 is 0 Å². The van der Waals surface area contributed by atoms with E-state index in [1.54, 1.807) is 25.1 Å². The standard InChI is InChI=1S/C11H12O3S/c1-8-7-10-9(5-6-12)3-2-4-11(10)15(8,13)14/h2-4,7,12H,5-6H2,1H3. The van der Waals surface area contributed by atoms with Gasteiger partial charge in [0, 0.05) is 11.5 Å². The predicted octanol–water partition coefficient (Wildman–Crippen LogP) is 1.37. The number of hydrogen-bond donors (Lipinski definition) is 1. The molecule has 0 saturated carbocycles. The molecule has 80 valence electrons. The molecule has 0 radical (unpaired) electrons. The summed E-state index contributed by atoms with van der Waals surface area (Å²) < 4.78 is 23.6. The number of rotatable bonds is 2. The third kappa shape index (κ3) is 1.50. The van der Waals surface area contributed by atoms with Gasteiger partial charge in [-0.3, -0.25) is 0 Å². The first-order valence-corrected chi connectivity index (χ1v) is 6.22. The van der Waals surface area contributed by atoms with Gasteiger partial charge in [0.05, 0.1) is 4.90 Å². The van der Waals surface area contributed by atoms with Crippen LogP contribution in [0.15, 0.2) is 28.0 Å². The second-order valence-corrected chi connectivity index (χ2v) is 5.65. The van der Waals surface area contributed by atoms with Gasteiger partial charge in [-0.05, 0) is 36.6 Å². The molecule has 0 aromatic heterocycles. The summed E-state index contributed by atoms with van der Waals surface area (Å²) in [6, 6.07) is 5.17. The summed E-state index contributed by atoms with van der Waals surface area (Å²) in [5, 5.41) is 8.88. The molecule has 1 aromatic carbocycles. The van der Waals surface area contributed by atoms with Gasteiger partial charge in [-0.1, -0.05) is 12.1 Å². The third-order valence-electron chi connectivity index (χ3n) is 2.60. The van der Waals surface area contributed by atoms with E-state index in [0.29, 0.717) is 16.2 Å². The minimum absolute atomic E-state index is 0.0311. The van der Waals surface area contributed by atoms with E-state index in [0.717, 1.165) is 11.1 Å². The van der Waals surface area contributed by atoms with Crippen molar-refractivity contribution in [1.82, 2.24) is 0 Å². The maximum absolute atomic E-state index is 11.8. The lowest BCUT2D eigenvalue weighted by atomic mass is 10.0. The molecule has 3 nitrogen and oxygen atoms in total. The molecule has 0 fully saturated rings. The number of fused-ring (bicyclic) bond motifs is 1. The second kappa shape index (κ2) is 3.47. The first kappa shape index (κ1) is 10.4. The summed E-state index contributed by atoms with van der Waals surface area (Å²) in [7, 11) is -3.25.